The molecular weight excluding hydrogens is 1550 g/mol. The van der Waals surface area contributed by atoms with Crippen LogP contribution < -0.4 is 11.5 Å². The minimum absolute atomic E-state index is 0.0149. The number of hydrogen-bond donors (Lipinski definition) is 5. The van der Waals surface area contributed by atoms with Gasteiger partial charge in [0.1, 0.15) is 53.1 Å². The van der Waals surface area contributed by atoms with Crippen molar-refractivity contribution in [2.24, 2.45) is 35.5 Å². The van der Waals surface area contributed by atoms with E-state index in [1.165, 1.54) is 11.2 Å². The number of ketones is 2. The van der Waals surface area contributed by atoms with Gasteiger partial charge in [-0.1, -0.05) is 70.6 Å². The Labute approximate surface area is 704 Å². The number of esters is 1. The summed E-state index contributed by atoms with van der Waals surface area (Å²) in [7, 11) is 6.38. The molecule has 10 rings (SSSR count). The van der Waals surface area contributed by atoms with Crippen LogP contribution in [0.25, 0.3) is 33.4 Å². The summed E-state index contributed by atoms with van der Waals surface area (Å²) in [6.07, 6.45) is 16.9. The Morgan fingerprint density at radius 3 is 2.13 bits per heavy atom. The Bertz CT molecular complexity index is 4260. The van der Waals surface area contributed by atoms with Crippen LogP contribution in [0.2, 0.25) is 0 Å². The molecule has 4 bridgehead atoms. The fraction of sp³-hybridized carbons (Fsp3) is 0.690. The van der Waals surface area contributed by atoms with E-state index in [0.717, 1.165) is 42.5 Å². The number of Topliss-reactive ketones (excluding diaryl/α,β-unsaturated/α-hetero) is 2. The summed E-state index contributed by atoms with van der Waals surface area (Å²) in [4.78, 5) is 77.7. The van der Waals surface area contributed by atoms with E-state index in [-0.39, 0.29) is 79.9 Å². The highest BCUT2D eigenvalue weighted by Gasteiger charge is 2.54. The highest BCUT2D eigenvalue weighted by Crippen LogP contribution is 2.40. The van der Waals surface area contributed by atoms with Crippen LogP contribution in [-0.2, 0) is 101 Å². The predicted octanol–water partition coefficient (Wildman–Crippen LogP) is 9.01. The summed E-state index contributed by atoms with van der Waals surface area (Å²) in [5.74, 6) is -6.06. The van der Waals surface area contributed by atoms with Crippen molar-refractivity contribution in [3.8, 4) is 11.3 Å². The number of rotatable bonds is 38. The topological polar surface area (TPSA) is 408 Å². The van der Waals surface area contributed by atoms with Gasteiger partial charge in [0.05, 0.1) is 128 Å². The van der Waals surface area contributed by atoms with E-state index in [1.54, 1.807) is 50.8 Å². The highest BCUT2D eigenvalue weighted by atomic mass is 16.7. The number of aryl methyl sites for hydroxylation is 1. The van der Waals surface area contributed by atoms with Gasteiger partial charge in [0.25, 0.3) is 17.7 Å². The van der Waals surface area contributed by atoms with E-state index in [2.05, 4.69) is 39.1 Å². The number of allylic oxidation sites excluding steroid dienone is 5. The first-order chi connectivity index (χ1) is 57.9. The van der Waals surface area contributed by atoms with Crippen LogP contribution in [-0.4, -0.2) is 269 Å². The molecule has 5 aliphatic rings. The number of nitrogen functional groups attached to an aromatic ring is 2. The van der Waals surface area contributed by atoms with E-state index in [0.29, 0.717) is 207 Å². The Kier molecular flexibility index (Phi) is 37.1. The van der Waals surface area contributed by atoms with Crippen LogP contribution in [0.3, 0.4) is 0 Å². The molecule has 1 unspecified atom stereocenters. The van der Waals surface area contributed by atoms with Crippen LogP contribution in [0.5, 0.6) is 0 Å². The zero-order valence-corrected chi connectivity index (χ0v) is 72.1. The van der Waals surface area contributed by atoms with E-state index in [4.69, 9.17) is 82.7 Å². The first-order valence-corrected chi connectivity index (χ1v) is 42.9. The Balaban J connectivity index is 0.664. The molecule has 0 radical (unpaired) electrons. The smallest absolute Gasteiger partial charge is 0.329 e. The Morgan fingerprint density at radius 1 is 0.733 bits per heavy atom. The summed E-state index contributed by atoms with van der Waals surface area (Å²) in [6.45, 7) is 19.5. The summed E-state index contributed by atoms with van der Waals surface area (Å²) < 4.78 is 82.3. The molecule has 1 aliphatic carbocycles. The molecule has 664 valence electrons. The van der Waals surface area contributed by atoms with Crippen LogP contribution in [0.15, 0.2) is 82.4 Å². The van der Waals surface area contributed by atoms with Crippen molar-refractivity contribution < 1.29 is 105 Å². The van der Waals surface area contributed by atoms with Crippen molar-refractivity contribution in [3.63, 3.8) is 0 Å². The van der Waals surface area contributed by atoms with Crippen LogP contribution in [0.4, 0.5) is 11.8 Å². The van der Waals surface area contributed by atoms with Crippen molar-refractivity contribution in [1.29, 1.82) is 0 Å². The molecule has 3 fully saturated rings. The van der Waals surface area contributed by atoms with Crippen molar-refractivity contribution in [2.75, 3.05) is 126 Å². The molecule has 1 amide bonds. The van der Waals surface area contributed by atoms with Gasteiger partial charge in [-0.3, -0.25) is 19.2 Å². The lowest BCUT2D eigenvalue weighted by atomic mass is 9.78. The molecule has 1 saturated carbocycles. The number of unbranched alkanes of at least 4 members (excludes halogenated alkanes) is 2. The number of methoxy groups -OCH3 is 4. The third-order valence-electron chi connectivity index (χ3n) is 24.0. The fourth-order valence-electron chi connectivity index (χ4n) is 17.0. The quantitative estimate of drug-likeness (QED) is 0.00808. The van der Waals surface area contributed by atoms with Crippen molar-refractivity contribution >= 4 is 63.1 Å². The monoisotopic (exact) mass is 1680 g/mol. The molecule has 0 spiro atoms. The second-order valence-electron chi connectivity index (χ2n) is 32.7. The molecule has 2 saturated heterocycles. The molecule has 4 aromatic heterocycles. The van der Waals surface area contributed by atoms with Gasteiger partial charge in [-0.15, -0.1) is 5.10 Å². The maximum Gasteiger partial charge on any atom is 0.329 e. The predicted molar refractivity (Wildman–Crippen MR) is 445 cm³/mol. The van der Waals surface area contributed by atoms with Crippen molar-refractivity contribution in [2.45, 2.75) is 238 Å². The molecule has 1 aromatic carbocycles. The fourth-order valence-corrected chi connectivity index (χ4v) is 17.0. The van der Waals surface area contributed by atoms with Crippen LogP contribution in [0.1, 0.15) is 163 Å². The number of ether oxygens (including phenoxy) is 12. The number of benzene rings is 1. The number of aromatic nitrogens is 8. The SMILES string of the molecule is CO[C@H]1C[C@@H]2CC[C@@H](C)[C@@](O)(O2)C(=O)C(=O)N2CCCC[C@H]2C(=O)OC([C@H](C)C[C@@H]2CC[C@@H](O)[C@H](OC)C2)C[C@@H](OC)[C@H](C)/C=C(\C)[C@@H](O)[C@@H](OC)C2=[N+](OCc3cn(CCOCCOCCOCCOCCOCCOCCC(=O)CCCCCn4nc(-c5ccc6oc(N)nc6c5)c5c(N)ncnc54)nn3)\C(=C/C=C/C=C/1C)[C@@H](C)C[C@H]2C. The van der Waals surface area contributed by atoms with Gasteiger partial charge in [-0.25, -0.2) is 24.1 Å². The lowest BCUT2D eigenvalue weighted by molar-refractivity contribution is -0.767. The first kappa shape index (κ1) is 94.4. The third kappa shape index (κ3) is 25.9. The van der Waals surface area contributed by atoms with E-state index >= 15 is 0 Å². The molecule has 8 heterocycles. The number of nitrogens with zero attached hydrogens (tertiary/aromatic N) is 10. The zero-order valence-electron chi connectivity index (χ0n) is 72.1. The molecule has 33 nitrogen and oxygen atoms in total. The number of piperidine rings is 1. The third-order valence-corrected chi connectivity index (χ3v) is 24.0. The van der Waals surface area contributed by atoms with Crippen molar-refractivity contribution in [1.82, 2.24) is 44.6 Å². The van der Waals surface area contributed by atoms with Gasteiger partial charge in [0.2, 0.25) is 23.8 Å². The normalized spacial score (nSPS) is 28.5. The summed E-state index contributed by atoms with van der Waals surface area (Å²) in [5, 5.41) is 50.1. The van der Waals surface area contributed by atoms with E-state index in [9.17, 15) is 34.5 Å². The number of hydroxylamine groups is 1. The molecule has 4 aliphatic heterocycles. The second kappa shape index (κ2) is 47.1. The number of anilines is 2. The molecular formula is C87H131N12O21+. The second-order valence-corrected chi connectivity index (χ2v) is 32.7. The number of carbonyl (C=O) groups excluding carboxylic acids is 4. The van der Waals surface area contributed by atoms with Gasteiger partial charge in [-0.2, -0.15) is 10.1 Å². The van der Waals surface area contributed by atoms with Crippen LogP contribution >= 0.6 is 0 Å². The van der Waals surface area contributed by atoms with E-state index < -0.39 is 78.1 Å². The number of carbonyl (C=O) groups is 4. The maximum atomic E-state index is 14.9. The number of aliphatic hydroxyl groups excluding tert-OH is 2. The average Bonchev–Trinajstić information content (AvgIpc) is 1.71. The standard InChI is InChI=1S/C87H131N12O21/c1-55-19-14-15-21-68-56(2)45-59(5)78(80(110-11)79(102)60(6)46-57(3)73(108-9)51-74(58(4)47-62-24-27-70(101)75(48-62)109-10)118-85(105)69-22-16-18-30-97(69)84(104)81(103)87(106)61(7)23-26-66(120-87)50-72(55)107-8)99(68)117-53-64-52-96(95-93-64)32-34-112-36-38-114-40-42-116-44-43-115-41-39-113-37-35-111-33-29-65(100)20-13-12-17-31-98-83-76(82(88)90-54-91-83)77(94-98)63-25-28-71-67(49-63)92-86(89)119-71/h14-15,19,21,25,28,46,49,52,54,56-59,61-62,66,69-70,72-75,79-80,101-102,106H,12-13,16-18,20,22-24,26-27,29-45,47-48,50-51,53H2,1-11H3,(H2,89,92)(H2,88,90,91)/q+1/b15-14+,55-19+,60-46+,68-21-/t56-,57+,58+,59+,61+,62-,66-,69-,70+,72-,73+,74?,75+,79+,80-,87+/m0/s1. The summed E-state index contributed by atoms with van der Waals surface area (Å²) in [5.41, 5.74) is 18.8. The number of nitrogens with two attached hydrogens (primary N) is 2. The lowest BCUT2D eigenvalue weighted by Gasteiger charge is -2.43. The van der Waals surface area contributed by atoms with Crippen LogP contribution in [0, 0.1) is 35.5 Å². The number of amides is 1. The van der Waals surface area contributed by atoms with Gasteiger partial charge in [-0.05, 0) is 132 Å². The summed E-state index contributed by atoms with van der Waals surface area (Å²) >= 11 is 0. The van der Waals surface area contributed by atoms with Gasteiger partial charge < -0.3 is 92.9 Å². The lowest BCUT2D eigenvalue weighted by Crippen LogP contribution is -2.61. The number of aliphatic hydroxyl groups is 3. The number of hydrogen-bond acceptors (Lipinski definition) is 29. The minimum Gasteiger partial charge on any atom is -0.460 e. The molecule has 5 aromatic rings. The molecule has 16 atom stereocenters. The average molecular weight is 1680 g/mol. The van der Waals surface area contributed by atoms with Gasteiger partial charge in [0.15, 0.2) is 17.3 Å². The van der Waals surface area contributed by atoms with Gasteiger partial charge in [0, 0.05) is 107 Å². The number of cyclic esters (lactones) is 1. The minimum atomic E-state index is -2.46. The van der Waals surface area contributed by atoms with Gasteiger partial charge >= 0.3 is 5.97 Å². The first-order valence-electron chi connectivity index (χ1n) is 42.9. The Hall–Kier alpha value is -7.87. The number of fused-ring (bicyclic) bond motifs is 6. The van der Waals surface area contributed by atoms with E-state index in [1.807, 2.05) is 81.1 Å². The molecule has 33 heteroatoms. The van der Waals surface area contributed by atoms with Crippen molar-refractivity contribution in [3.05, 3.63) is 83.6 Å². The largest absolute Gasteiger partial charge is 0.460 e. The molecule has 120 heavy (non-hydrogen) atoms. The highest BCUT2D eigenvalue weighted by molar-refractivity contribution is 6.39. The zero-order chi connectivity index (χ0) is 85.8. The Morgan fingerprint density at radius 2 is 1.43 bits per heavy atom. The molecule has 7 N–H and O–H groups in total. The number of oxazole rings is 1. The summed E-state index contributed by atoms with van der Waals surface area (Å²) in [6, 6.07) is 4.51. The maximum absolute atomic E-state index is 14.9.